The Kier molecular flexibility index (Phi) is 4.48. The Balaban J connectivity index is 2.04. The van der Waals surface area contributed by atoms with E-state index < -0.39 is 0 Å². The zero-order valence-corrected chi connectivity index (χ0v) is 10.8. The molecule has 18 heavy (non-hydrogen) atoms. The number of hydrogen-bond acceptors (Lipinski definition) is 2. The molecule has 0 saturated carbocycles. The summed E-state index contributed by atoms with van der Waals surface area (Å²) in [5.74, 6) is 0.164. The number of fused-ring (bicyclic) bond motifs is 1. The van der Waals surface area contributed by atoms with Crippen LogP contribution in [-0.4, -0.2) is 18.9 Å². The van der Waals surface area contributed by atoms with Crippen LogP contribution < -0.4 is 5.32 Å². The Morgan fingerprint density at radius 3 is 2.67 bits per heavy atom. The second-order valence-corrected chi connectivity index (χ2v) is 4.52. The summed E-state index contributed by atoms with van der Waals surface area (Å²) in [5.41, 5.74) is 0.790. The van der Waals surface area contributed by atoms with Gasteiger partial charge in [-0.15, -0.1) is 0 Å². The lowest BCUT2D eigenvalue weighted by atomic mass is 10.0. The number of hydrogen-bond donors (Lipinski definition) is 1. The lowest BCUT2D eigenvalue weighted by Gasteiger charge is -2.05. The van der Waals surface area contributed by atoms with Crippen molar-refractivity contribution in [2.24, 2.45) is 0 Å². The molecule has 0 aliphatic heterocycles. The summed E-state index contributed by atoms with van der Waals surface area (Å²) in [6.07, 6.45) is 2.27. The minimum Gasteiger partial charge on any atom is -0.310 e. The second-order valence-electron chi connectivity index (χ2n) is 4.52. The van der Waals surface area contributed by atoms with Crippen molar-refractivity contribution < 1.29 is 4.79 Å². The van der Waals surface area contributed by atoms with Crippen LogP contribution in [0.2, 0.25) is 0 Å². The molecule has 0 aliphatic carbocycles. The van der Waals surface area contributed by atoms with Gasteiger partial charge in [-0.05, 0) is 29.8 Å². The average molecular weight is 241 g/mol. The topological polar surface area (TPSA) is 29.1 Å². The largest absolute Gasteiger partial charge is 0.310 e. The smallest absolute Gasteiger partial charge is 0.176 e. The van der Waals surface area contributed by atoms with E-state index in [1.807, 2.05) is 36.4 Å². The van der Waals surface area contributed by atoms with Crippen LogP contribution in [0, 0.1) is 0 Å². The van der Waals surface area contributed by atoms with Gasteiger partial charge in [0.1, 0.15) is 0 Å². The molecule has 1 N–H and O–H groups in total. The van der Waals surface area contributed by atoms with Crippen molar-refractivity contribution in [3.63, 3.8) is 0 Å². The first-order valence-electron chi connectivity index (χ1n) is 6.54. The van der Waals surface area contributed by atoms with Crippen molar-refractivity contribution in [3.05, 3.63) is 48.0 Å². The highest BCUT2D eigenvalue weighted by molar-refractivity contribution is 6.01. The van der Waals surface area contributed by atoms with Gasteiger partial charge in [-0.1, -0.05) is 49.7 Å². The standard InChI is InChI=1S/C16H19NO/c1-2-3-10-17-12-16(18)15-9-8-13-6-4-5-7-14(13)11-15/h4-9,11,17H,2-3,10,12H2,1H3. The minimum atomic E-state index is 0.164. The van der Waals surface area contributed by atoms with Crippen LogP contribution in [0.4, 0.5) is 0 Å². The van der Waals surface area contributed by atoms with E-state index in [1.165, 1.54) is 5.39 Å². The second kappa shape index (κ2) is 6.31. The fourth-order valence-corrected chi connectivity index (χ4v) is 1.97. The van der Waals surface area contributed by atoms with Crippen LogP contribution in [0.3, 0.4) is 0 Å². The third-order valence-corrected chi connectivity index (χ3v) is 3.06. The number of rotatable bonds is 6. The molecule has 0 atom stereocenters. The third-order valence-electron chi connectivity index (χ3n) is 3.06. The van der Waals surface area contributed by atoms with Crippen molar-refractivity contribution >= 4 is 16.6 Å². The van der Waals surface area contributed by atoms with Gasteiger partial charge in [0.05, 0.1) is 6.54 Å². The summed E-state index contributed by atoms with van der Waals surface area (Å²) < 4.78 is 0. The fraction of sp³-hybridized carbons (Fsp3) is 0.312. The monoisotopic (exact) mass is 241 g/mol. The van der Waals surface area contributed by atoms with Crippen molar-refractivity contribution in [2.45, 2.75) is 19.8 Å². The predicted octanol–water partition coefficient (Wildman–Crippen LogP) is 3.41. The zero-order valence-electron chi connectivity index (χ0n) is 10.8. The van der Waals surface area contributed by atoms with E-state index >= 15 is 0 Å². The van der Waals surface area contributed by atoms with Crippen molar-refractivity contribution in [1.29, 1.82) is 0 Å². The van der Waals surface area contributed by atoms with E-state index in [-0.39, 0.29) is 5.78 Å². The van der Waals surface area contributed by atoms with Gasteiger partial charge >= 0.3 is 0 Å². The van der Waals surface area contributed by atoms with Gasteiger partial charge in [0.2, 0.25) is 0 Å². The van der Waals surface area contributed by atoms with Crippen molar-refractivity contribution in [2.75, 3.05) is 13.1 Å². The van der Waals surface area contributed by atoms with E-state index in [1.54, 1.807) is 0 Å². The molecule has 0 spiro atoms. The molecule has 2 nitrogen and oxygen atoms in total. The molecular weight excluding hydrogens is 222 g/mol. The van der Waals surface area contributed by atoms with Gasteiger partial charge in [0, 0.05) is 5.56 Å². The van der Waals surface area contributed by atoms with E-state index in [2.05, 4.69) is 18.3 Å². The highest BCUT2D eigenvalue weighted by Gasteiger charge is 2.05. The van der Waals surface area contributed by atoms with Gasteiger partial charge in [0.25, 0.3) is 0 Å². The lowest BCUT2D eigenvalue weighted by Crippen LogP contribution is -2.23. The minimum absolute atomic E-state index is 0.164. The highest BCUT2D eigenvalue weighted by Crippen LogP contribution is 2.15. The maximum absolute atomic E-state index is 12.0. The first kappa shape index (κ1) is 12.8. The lowest BCUT2D eigenvalue weighted by molar-refractivity contribution is 0.0991. The van der Waals surface area contributed by atoms with Crippen LogP contribution in [0.1, 0.15) is 30.1 Å². The molecule has 0 radical (unpaired) electrons. The molecule has 0 fully saturated rings. The molecule has 0 saturated heterocycles. The van der Waals surface area contributed by atoms with E-state index in [0.717, 1.165) is 30.3 Å². The quantitative estimate of drug-likeness (QED) is 0.620. The normalized spacial score (nSPS) is 10.7. The van der Waals surface area contributed by atoms with Gasteiger partial charge in [-0.2, -0.15) is 0 Å². The zero-order chi connectivity index (χ0) is 12.8. The number of ketones is 1. The molecule has 0 bridgehead atoms. The number of benzene rings is 2. The average Bonchev–Trinajstić information content (AvgIpc) is 2.43. The molecule has 0 amide bonds. The van der Waals surface area contributed by atoms with E-state index in [4.69, 9.17) is 0 Å². The Morgan fingerprint density at radius 2 is 1.89 bits per heavy atom. The molecule has 2 aromatic carbocycles. The van der Waals surface area contributed by atoms with E-state index in [0.29, 0.717) is 6.54 Å². The fourth-order valence-electron chi connectivity index (χ4n) is 1.97. The molecule has 2 heteroatoms. The molecule has 0 aromatic heterocycles. The molecule has 0 aliphatic rings. The Morgan fingerprint density at radius 1 is 1.11 bits per heavy atom. The summed E-state index contributed by atoms with van der Waals surface area (Å²) in [6.45, 7) is 3.49. The molecule has 94 valence electrons. The third kappa shape index (κ3) is 3.17. The van der Waals surface area contributed by atoms with Gasteiger partial charge in [-0.25, -0.2) is 0 Å². The van der Waals surface area contributed by atoms with E-state index in [9.17, 15) is 4.79 Å². The number of nitrogens with one attached hydrogen (secondary N) is 1. The summed E-state index contributed by atoms with van der Waals surface area (Å²) in [5, 5.41) is 5.48. The Labute approximate surface area is 108 Å². The number of carbonyl (C=O) groups excluding carboxylic acids is 1. The maximum atomic E-state index is 12.0. The maximum Gasteiger partial charge on any atom is 0.176 e. The van der Waals surface area contributed by atoms with Gasteiger partial charge in [-0.3, -0.25) is 4.79 Å². The van der Waals surface area contributed by atoms with Crippen LogP contribution >= 0.6 is 0 Å². The summed E-state index contributed by atoms with van der Waals surface area (Å²) in [6, 6.07) is 14.0. The predicted molar refractivity (Wildman–Crippen MR) is 76.1 cm³/mol. The van der Waals surface area contributed by atoms with Crippen molar-refractivity contribution in [1.82, 2.24) is 5.32 Å². The number of Topliss-reactive ketones (excluding diaryl/α,β-unsaturated/α-hetero) is 1. The SMILES string of the molecule is CCCCNCC(=O)c1ccc2ccccc2c1. The molecule has 2 rings (SSSR count). The first-order valence-corrected chi connectivity index (χ1v) is 6.54. The molecule has 0 heterocycles. The highest BCUT2D eigenvalue weighted by atomic mass is 16.1. The first-order chi connectivity index (χ1) is 8.81. The van der Waals surface area contributed by atoms with Crippen LogP contribution in [0.25, 0.3) is 10.8 Å². The summed E-state index contributed by atoms with van der Waals surface area (Å²) in [4.78, 5) is 12.0. The summed E-state index contributed by atoms with van der Waals surface area (Å²) in [7, 11) is 0. The van der Waals surface area contributed by atoms with Gasteiger partial charge in [0.15, 0.2) is 5.78 Å². The van der Waals surface area contributed by atoms with Crippen LogP contribution in [-0.2, 0) is 0 Å². The Bertz CT molecular complexity index is 533. The molecular formula is C16H19NO. The molecule has 2 aromatic rings. The summed E-state index contributed by atoms with van der Waals surface area (Å²) >= 11 is 0. The number of unbranched alkanes of at least 4 members (excludes halogenated alkanes) is 1. The van der Waals surface area contributed by atoms with Crippen molar-refractivity contribution in [3.8, 4) is 0 Å². The van der Waals surface area contributed by atoms with Crippen LogP contribution in [0.5, 0.6) is 0 Å². The Hall–Kier alpha value is -1.67. The van der Waals surface area contributed by atoms with Gasteiger partial charge < -0.3 is 5.32 Å². The van der Waals surface area contributed by atoms with Crippen LogP contribution in [0.15, 0.2) is 42.5 Å². The number of carbonyl (C=O) groups is 1. The molecule has 0 unspecified atom stereocenters.